The molecule has 2 N–H and O–H groups in total. The van der Waals surface area contributed by atoms with Gasteiger partial charge in [0, 0.05) is 24.8 Å². The number of hydrogen-bond donors (Lipinski definition) is 2. The van der Waals surface area contributed by atoms with Gasteiger partial charge in [-0.05, 0) is 39.4 Å². The maximum absolute atomic E-state index is 12.3. The number of rotatable bonds is 3. The quantitative estimate of drug-likeness (QED) is 0.862. The van der Waals surface area contributed by atoms with E-state index < -0.39 is 0 Å². The van der Waals surface area contributed by atoms with E-state index in [2.05, 4.69) is 53.6 Å². The van der Waals surface area contributed by atoms with E-state index >= 15 is 0 Å². The van der Waals surface area contributed by atoms with Crippen molar-refractivity contribution in [2.24, 2.45) is 0 Å². The van der Waals surface area contributed by atoms with Gasteiger partial charge in [-0.3, -0.25) is 4.79 Å². The van der Waals surface area contributed by atoms with Crippen LogP contribution in [0, 0.1) is 6.92 Å². The SMILES string of the molecule is CNCC1C(=O)NC(C)CCN1c1ccc(C)cc1. The third-order valence-corrected chi connectivity index (χ3v) is 3.63. The molecule has 2 atom stereocenters. The van der Waals surface area contributed by atoms with E-state index in [0.717, 1.165) is 18.7 Å². The van der Waals surface area contributed by atoms with Crippen molar-refractivity contribution in [3.05, 3.63) is 29.8 Å². The fraction of sp³-hybridized carbons (Fsp3) is 0.533. The second kappa shape index (κ2) is 6.06. The topological polar surface area (TPSA) is 44.4 Å². The normalized spacial score (nSPS) is 23.9. The van der Waals surface area contributed by atoms with Gasteiger partial charge in [0.1, 0.15) is 6.04 Å². The molecule has 4 heteroatoms. The molecule has 2 unspecified atom stereocenters. The lowest BCUT2D eigenvalue weighted by atomic mass is 10.1. The van der Waals surface area contributed by atoms with Gasteiger partial charge >= 0.3 is 0 Å². The van der Waals surface area contributed by atoms with E-state index in [1.165, 1.54) is 5.56 Å². The summed E-state index contributed by atoms with van der Waals surface area (Å²) >= 11 is 0. The molecule has 2 rings (SSSR count). The molecule has 0 radical (unpaired) electrons. The fourth-order valence-corrected chi connectivity index (χ4v) is 2.48. The minimum absolute atomic E-state index is 0.111. The van der Waals surface area contributed by atoms with Crippen LogP contribution >= 0.6 is 0 Å². The van der Waals surface area contributed by atoms with Crippen molar-refractivity contribution in [2.75, 3.05) is 25.0 Å². The summed E-state index contributed by atoms with van der Waals surface area (Å²) < 4.78 is 0. The van der Waals surface area contributed by atoms with Crippen molar-refractivity contribution in [3.8, 4) is 0 Å². The van der Waals surface area contributed by atoms with E-state index in [4.69, 9.17) is 0 Å². The average molecular weight is 261 g/mol. The van der Waals surface area contributed by atoms with Crippen LogP contribution in [-0.4, -0.2) is 38.1 Å². The van der Waals surface area contributed by atoms with Crippen LogP contribution in [0.15, 0.2) is 24.3 Å². The van der Waals surface area contributed by atoms with Crippen molar-refractivity contribution >= 4 is 11.6 Å². The van der Waals surface area contributed by atoms with Crippen LogP contribution in [0.25, 0.3) is 0 Å². The summed E-state index contributed by atoms with van der Waals surface area (Å²) in [6.45, 7) is 5.70. The molecule has 4 nitrogen and oxygen atoms in total. The fourth-order valence-electron chi connectivity index (χ4n) is 2.48. The van der Waals surface area contributed by atoms with Crippen LogP contribution < -0.4 is 15.5 Å². The molecular weight excluding hydrogens is 238 g/mol. The Bertz CT molecular complexity index is 430. The molecule has 0 bridgehead atoms. The van der Waals surface area contributed by atoms with E-state index in [1.807, 2.05) is 7.05 Å². The smallest absolute Gasteiger partial charge is 0.244 e. The zero-order valence-electron chi connectivity index (χ0n) is 11.9. The zero-order valence-corrected chi connectivity index (χ0v) is 11.9. The highest BCUT2D eigenvalue weighted by molar-refractivity contribution is 5.86. The summed E-state index contributed by atoms with van der Waals surface area (Å²) in [4.78, 5) is 14.5. The number of nitrogens with one attached hydrogen (secondary N) is 2. The van der Waals surface area contributed by atoms with E-state index in [1.54, 1.807) is 0 Å². The Kier molecular flexibility index (Phi) is 4.43. The number of amides is 1. The van der Waals surface area contributed by atoms with Crippen LogP contribution in [0.2, 0.25) is 0 Å². The minimum atomic E-state index is -0.141. The van der Waals surface area contributed by atoms with Crippen molar-refractivity contribution in [1.82, 2.24) is 10.6 Å². The third-order valence-electron chi connectivity index (χ3n) is 3.63. The van der Waals surface area contributed by atoms with Crippen LogP contribution in [-0.2, 0) is 4.79 Å². The van der Waals surface area contributed by atoms with Crippen LogP contribution in [0.1, 0.15) is 18.9 Å². The number of carbonyl (C=O) groups excluding carboxylic acids is 1. The molecule has 1 aromatic rings. The summed E-state index contributed by atoms with van der Waals surface area (Å²) in [5, 5.41) is 6.19. The largest absolute Gasteiger partial charge is 0.358 e. The first-order valence-electron chi connectivity index (χ1n) is 6.90. The molecule has 0 aliphatic carbocycles. The number of carbonyl (C=O) groups is 1. The molecule has 1 aliphatic heterocycles. The number of benzene rings is 1. The van der Waals surface area contributed by atoms with Gasteiger partial charge in [-0.25, -0.2) is 0 Å². The lowest BCUT2D eigenvalue weighted by Gasteiger charge is -2.30. The molecule has 104 valence electrons. The summed E-state index contributed by atoms with van der Waals surface area (Å²) in [6.07, 6.45) is 0.972. The first-order valence-corrected chi connectivity index (χ1v) is 6.90. The summed E-state index contributed by atoms with van der Waals surface area (Å²) in [5.41, 5.74) is 2.36. The number of likely N-dealkylation sites (N-methyl/N-ethyl adjacent to an activating group) is 1. The first kappa shape index (κ1) is 13.9. The van der Waals surface area contributed by atoms with Gasteiger partial charge in [0.2, 0.25) is 5.91 Å². The number of aryl methyl sites for hydroxylation is 1. The standard InChI is InChI=1S/C15H23N3O/c1-11-4-6-13(7-5-11)18-9-8-12(2)17-15(19)14(18)10-16-3/h4-7,12,14,16H,8-10H2,1-3H3,(H,17,19). The molecular formula is C15H23N3O. The Morgan fingerprint density at radius 3 is 2.68 bits per heavy atom. The molecule has 0 spiro atoms. The predicted octanol–water partition coefficient (Wildman–Crippen LogP) is 1.30. The Morgan fingerprint density at radius 1 is 1.37 bits per heavy atom. The molecule has 0 saturated carbocycles. The maximum Gasteiger partial charge on any atom is 0.244 e. The van der Waals surface area contributed by atoms with E-state index in [-0.39, 0.29) is 18.0 Å². The van der Waals surface area contributed by atoms with Gasteiger partial charge in [0.05, 0.1) is 0 Å². The predicted molar refractivity (Wildman–Crippen MR) is 78.5 cm³/mol. The van der Waals surface area contributed by atoms with Crippen LogP contribution in [0.4, 0.5) is 5.69 Å². The Labute approximate surface area is 115 Å². The van der Waals surface area contributed by atoms with Gasteiger partial charge in [0.15, 0.2) is 0 Å². The van der Waals surface area contributed by atoms with Gasteiger partial charge in [0.25, 0.3) is 0 Å². The molecule has 1 aromatic carbocycles. The molecule has 1 aliphatic rings. The lowest BCUT2D eigenvalue weighted by molar-refractivity contribution is -0.122. The van der Waals surface area contributed by atoms with Crippen molar-refractivity contribution in [1.29, 1.82) is 0 Å². The van der Waals surface area contributed by atoms with E-state index in [0.29, 0.717) is 6.54 Å². The van der Waals surface area contributed by atoms with Gasteiger partial charge < -0.3 is 15.5 Å². The molecule has 1 heterocycles. The second-order valence-electron chi connectivity index (χ2n) is 5.30. The van der Waals surface area contributed by atoms with Gasteiger partial charge in [-0.2, -0.15) is 0 Å². The Morgan fingerprint density at radius 2 is 2.05 bits per heavy atom. The molecule has 1 saturated heterocycles. The minimum Gasteiger partial charge on any atom is -0.358 e. The van der Waals surface area contributed by atoms with Crippen LogP contribution in [0.3, 0.4) is 0 Å². The monoisotopic (exact) mass is 261 g/mol. The maximum atomic E-state index is 12.3. The number of hydrogen-bond acceptors (Lipinski definition) is 3. The molecule has 1 amide bonds. The second-order valence-corrected chi connectivity index (χ2v) is 5.30. The van der Waals surface area contributed by atoms with Crippen molar-refractivity contribution < 1.29 is 4.79 Å². The first-order chi connectivity index (χ1) is 9.11. The van der Waals surface area contributed by atoms with E-state index in [9.17, 15) is 4.79 Å². The molecule has 0 aromatic heterocycles. The van der Waals surface area contributed by atoms with Gasteiger partial charge in [-0.15, -0.1) is 0 Å². The highest BCUT2D eigenvalue weighted by Crippen LogP contribution is 2.20. The summed E-state index contributed by atoms with van der Waals surface area (Å²) in [5.74, 6) is 0.111. The molecule has 1 fully saturated rings. The van der Waals surface area contributed by atoms with Crippen LogP contribution in [0.5, 0.6) is 0 Å². The number of anilines is 1. The summed E-state index contributed by atoms with van der Waals surface area (Å²) in [6, 6.07) is 8.48. The Hall–Kier alpha value is -1.55. The highest BCUT2D eigenvalue weighted by atomic mass is 16.2. The average Bonchev–Trinajstić information content (AvgIpc) is 2.51. The molecule has 19 heavy (non-hydrogen) atoms. The van der Waals surface area contributed by atoms with Gasteiger partial charge in [-0.1, -0.05) is 17.7 Å². The summed E-state index contributed by atoms with van der Waals surface area (Å²) in [7, 11) is 1.88. The van der Waals surface area contributed by atoms with Crippen molar-refractivity contribution in [2.45, 2.75) is 32.4 Å². The zero-order chi connectivity index (χ0) is 13.8. The third kappa shape index (κ3) is 3.26. The van der Waals surface area contributed by atoms with Crippen molar-refractivity contribution in [3.63, 3.8) is 0 Å². The number of nitrogens with zero attached hydrogens (tertiary/aromatic N) is 1. The Balaban J connectivity index is 2.27. The highest BCUT2D eigenvalue weighted by Gasteiger charge is 2.29. The lowest BCUT2D eigenvalue weighted by Crippen LogP contribution is -2.50.